The normalized spacial score (nSPS) is 11.4. The van der Waals surface area contributed by atoms with Gasteiger partial charge in [-0.25, -0.2) is 9.97 Å². The lowest BCUT2D eigenvalue weighted by atomic mass is 10.5. The highest BCUT2D eigenvalue weighted by Gasteiger charge is 2.15. The second kappa shape index (κ2) is 5.62. The lowest BCUT2D eigenvalue weighted by Crippen LogP contribution is -2.31. The van der Waals surface area contributed by atoms with Gasteiger partial charge in [0.1, 0.15) is 12.0 Å². The Morgan fingerprint density at radius 2 is 1.88 bits per heavy atom. The van der Waals surface area contributed by atoms with Gasteiger partial charge in [0, 0.05) is 6.54 Å². The zero-order valence-electron chi connectivity index (χ0n) is 8.37. The molecule has 1 aromatic rings. The van der Waals surface area contributed by atoms with Crippen LogP contribution in [0, 0.1) is 0 Å². The molecule has 9 heteroatoms. The van der Waals surface area contributed by atoms with E-state index in [0.717, 1.165) is 6.33 Å². The van der Waals surface area contributed by atoms with Crippen LogP contribution in [-0.2, 0) is 10.2 Å². The van der Waals surface area contributed by atoms with Gasteiger partial charge in [-0.05, 0) is 6.42 Å². The Kier molecular flexibility index (Phi) is 4.72. The first-order chi connectivity index (χ1) is 7.46. The van der Waals surface area contributed by atoms with E-state index in [0.29, 0.717) is 13.0 Å². The fourth-order valence-electron chi connectivity index (χ4n) is 0.836. The molecule has 0 aliphatic rings. The third kappa shape index (κ3) is 3.75. The van der Waals surface area contributed by atoms with Crippen molar-refractivity contribution in [2.45, 2.75) is 13.3 Å². The molecule has 2 N–H and O–H groups in total. The molecular formula is C7H10Cl2N4O2S. The minimum absolute atomic E-state index is 0.0329. The minimum Gasteiger partial charge on any atom is -0.265 e. The van der Waals surface area contributed by atoms with Gasteiger partial charge in [0.15, 0.2) is 10.3 Å². The van der Waals surface area contributed by atoms with Gasteiger partial charge < -0.3 is 0 Å². The molecule has 0 radical (unpaired) electrons. The molecule has 0 atom stereocenters. The number of hydrogen-bond donors (Lipinski definition) is 2. The summed E-state index contributed by atoms with van der Waals surface area (Å²) in [6, 6.07) is 0. The number of nitrogens with one attached hydrogen (secondary N) is 2. The zero-order valence-corrected chi connectivity index (χ0v) is 10.7. The van der Waals surface area contributed by atoms with Crippen molar-refractivity contribution in [3.8, 4) is 0 Å². The predicted octanol–water partition coefficient (Wildman–Crippen LogP) is 1.44. The molecule has 0 spiro atoms. The van der Waals surface area contributed by atoms with Crippen LogP contribution in [-0.4, -0.2) is 24.9 Å². The molecule has 6 nitrogen and oxygen atoms in total. The van der Waals surface area contributed by atoms with E-state index in [-0.39, 0.29) is 16.0 Å². The van der Waals surface area contributed by atoms with E-state index in [1.54, 1.807) is 0 Å². The monoisotopic (exact) mass is 284 g/mol. The topological polar surface area (TPSA) is 84.0 Å². The molecule has 0 fully saturated rings. The Hall–Kier alpha value is -0.630. The first kappa shape index (κ1) is 13.4. The predicted molar refractivity (Wildman–Crippen MR) is 62.9 cm³/mol. The van der Waals surface area contributed by atoms with E-state index in [9.17, 15) is 8.42 Å². The zero-order chi connectivity index (χ0) is 12.2. The summed E-state index contributed by atoms with van der Waals surface area (Å²) in [6.07, 6.45) is 1.82. The number of rotatable bonds is 5. The van der Waals surface area contributed by atoms with Crippen molar-refractivity contribution < 1.29 is 8.42 Å². The third-order valence-corrected chi connectivity index (χ3v) is 3.16. The Morgan fingerprint density at radius 3 is 2.38 bits per heavy atom. The second-order valence-electron chi connectivity index (χ2n) is 2.83. The van der Waals surface area contributed by atoms with Crippen LogP contribution in [0.25, 0.3) is 0 Å². The van der Waals surface area contributed by atoms with Crippen molar-refractivity contribution in [2.75, 3.05) is 11.3 Å². The van der Waals surface area contributed by atoms with Crippen molar-refractivity contribution in [3.63, 3.8) is 0 Å². The standard InChI is InChI=1S/C7H10Cl2N4O2S/c1-2-3-12-16(14,15)13-5-6(8)10-4-11-7(5)9/h4,12-13H,2-3H2,1H3. The van der Waals surface area contributed by atoms with Gasteiger partial charge in [-0.1, -0.05) is 30.1 Å². The van der Waals surface area contributed by atoms with E-state index in [4.69, 9.17) is 23.2 Å². The summed E-state index contributed by atoms with van der Waals surface area (Å²) in [6.45, 7) is 2.16. The summed E-state index contributed by atoms with van der Waals surface area (Å²) in [4.78, 5) is 7.24. The summed E-state index contributed by atoms with van der Waals surface area (Å²) < 4.78 is 27.4. The fourth-order valence-corrected chi connectivity index (χ4v) is 2.36. The van der Waals surface area contributed by atoms with Crippen LogP contribution >= 0.6 is 23.2 Å². The molecule has 1 rings (SSSR count). The Labute approximate surface area is 104 Å². The lowest BCUT2D eigenvalue weighted by Gasteiger charge is -2.09. The lowest BCUT2D eigenvalue weighted by molar-refractivity contribution is 0.586. The van der Waals surface area contributed by atoms with Crippen molar-refractivity contribution in [2.24, 2.45) is 0 Å². The first-order valence-electron chi connectivity index (χ1n) is 4.39. The van der Waals surface area contributed by atoms with E-state index < -0.39 is 10.2 Å². The van der Waals surface area contributed by atoms with E-state index in [2.05, 4.69) is 19.4 Å². The van der Waals surface area contributed by atoms with Crippen molar-refractivity contribution in [3.05, 3.63) is 16.6 Å². The van der Waals surface area contributed by atoms with Crippen LogP contribution in [0.1, 0.15) is 13.3 Å². The highest BCUT2D eigenvalue weighted by molar-refractivity contribution is 7.90. The fraction of sp³-hybridized carbons (Fsp3) is 0.429. The maximum atomic E-state index is 11.5. The van der Waals surface area contributed by atoms with Crippen LogP contribution in [0.2, 0.25) is 10.3 Å². The molecule has 1 aromatic heterocycles. The second-order valence-corrected chi connectivity index (χ2v) is 5.05. The van der Waals surface area contributed by atoms with E-state index in [1.807, 2.05) is 6.92 Å². The van der Waals surface area contributed by atoms with Gasteiger partial charge in [-0.2, -0.15) is 13.1 Å². The Morgan fingerprint density at radius 1 is 1.31 bits per heavy atom. The largest absolute Gasteiger partial charge is 0.299 e. The molecular weight excluding hydrogens is 275 g/mol. The van der Waals surface area contributed by atoms with Crippen LogP contribution in [0.3, 0.4) is 0 Å². The molecule has 0 aromatic carbocycles. The number of halogens is 2. The summed E-state index contributed by atoms with van der Waals surface area (Å²) >= 11 is 11.4. The van der Waals surface area contributed by atoms with Crippen molar-refractivity contribution in [1.29, 1.82) is 0 Å². The molecule has 0 aliphatic carbocycles. The van der Waals surface area contributed by atoms with Gasteiger partial charge in [0.25, 0.3) is 10.2 Å². The molecule has 0 bridgehead atoms. The van der Waals surface area contributed by atoms with Crippen LogP contribution in [0.5, 0.6) is 0 Å². The van der Waals surface area contributed by atoms with Gasteiger partial charge >= 0.3 is 0 Å². The molecule has 0 saturated heterocycles. The molecule has 0 saturated carbocycles. The van der Waals surface area contributed by atoms with Crippen molar-refractivity contribution >= 4 is 39.1 Å². The third-order valence-electron chi connectivity index (χ3n) is 1.53. The average Bonchev–Trinajstić information content (AvgIpc) is 2.21. The first-order valence-corrected chi connectivity index (χ1v) is 6.63. The maximum absolute atomic E-state index is 11.5. The van der Waals surface area contributed by atoms with Crippen LogP contribution in [0.4, 0.5) is 5.69 Å². The minimum atomic E-state index is -3.69. The highest BCUT2D eigenvalue weighted by Crippen LogP contribution is 2.26. The number of aromatic nitrogens is 2. The average molecular weight is 285 g/mol. The molecule has 0 aliphatic heterocycles. The smallest absolute Gasteiger partial charge is 0.265 e. The maximum Gasteiger partial charge on any atom is 0.299 e. The summed E-state index contributed by atoms with van der Waals surface area (Å²) in [7, 11) is -3.69. The van der Waals surface area contributed by atoms with E-state index in [1.165, 1.54) is 0 Å². The van der Waals surface area contributed by atoms with Crippen molar-refractivity contribution in [1.82, 2.24) is 14.7 Å². The molecule has 90 valence electrons. The Bertz CT molecular complexity index is 445. The quantitative estimate of drug-likeness (QED) is 0.802. The van der Waals surface area contributed by atoms with Gasteiger partial charge in [0.2, 0.25) is 0 Å². The summed E-state index contributed by atoms with van der Waals surface area (Å²) in [5.41, 5.74) is -0.0329. The van der Waals surface area contributed by atoms with Crippen LogP contribution in [0.15, 0.2) is 6.33 Å². The SMILES string of the molecule is CCCNS(=O)(=O)Nc1c(Cl)ncnc1Cl. The van der Waals surface area contributed by atoms with Gasteiger partial charge in [0.05, 0.1) is 0 Å². The summed E-state index contributed by atoms with van der Waals surface area (Å²) in [5, 5.41) is -0.108. The van der Waals surface area contributed by atoms with Crippen LogP contribution < -0.4 is 9.44 Å². The Balaban J connectivity index is 2.88. The molecule has 1 heterocycles. The van der Waals surface area contributed by atoms with Gasteiger partial charge in [-0.15, -0.1) is 0 Å². The van der Waals surface area contributed by atoms with Gasteiger partial charge in [-0.3, -0.25) is 4.72 Å². The molecule has 0 unspecified atom stereocenters. The number of nitrogens with zero attached hydrogens (tertiary/aromatic N) is 2. The number of hydrogen-bond acceptors (Lipinski definition) is 4. The highest BCUT2D eigenvalue weighted by atomic mass is 35.5. The van der Waals surface area contributed by atoms with E-state index >= 15 is 0 Å². The number of anilines is 1. The molecule has 16 heavy (non-hydrogen) atoms. The summed E-state index contributed by atoms with van der Waals surface area (Å²) in [5.74, 6) is 0. The molecule has 0 amide bonds.